The zero-order valence-electron chi connectivity index (χ0n) is 21.2. The van der Waals surface area contributed by atoms with Gasteiger partial charge in [0, 0.05) is 29.1 Å². The first-order valence-electron chi connectivity index (χ1n) is 12.3. The standard InChI is InChI=1S/C30H36N4O/c1-18-10-19(2)13-23(12-18)22-7-8-27-26(16-22)28(24-14-20(3)11-21(4)15-24)29(34-27)30(35)33-17-25(32)6-5-9-31/h7-8,10-16,25,34H,5-6,9,17,31-32H2,1-4H3,(H,33,35). The molecule has 1 aromatic heterocycles. The summed E-state index contributed by atoms with van der Waals surface area (Å²) in [6, 6.07) is 19.3. The van der Waals surface area contributed by atoms with Crippen LogP contribution in [-0.2, 0) is 0 Å². The van der Waals surface area contributed by atoms with Gasteiger partial charge >= 0.3 is 0 Å². The van der Waals surface area contributed by atoms with E-state index in [2.05, 4.69) is 92.6 Å². The minimum atomic E-state index is -0.147. The number of carbonyl (C=O) groups excluding carboxylic acids is 1. The Morgan fingerprint density at radius 2 is 1.46 bits per heavy atom. The first-order chi connectivity index (χ1) is 16.7. The zero-order chi connectivity index (χ0) is 25.1. The van der Waals surface area contributed by atoms with Gasteiger partial charge in [-0.2, -0.15) is 0 Å². The van der Waals surface area contributed by atoms with Gasteiger partial charge in [-0.1, -0.05) is 64.7 Å². The number of nitrogens with one attached hydrogen (secondary N) is 2. The Labute approximate surface area is 207 Å². The highest BCUT2D eigenvalue weighted by Gasteiger charge is 2.21. The highest BCUT2D eigenvalue weighted by molar-refractivity contribution is 6.10. The molecule has 5 nitrogen and oxygen atoms in total. The zero-order valence-corrected chi connectivity index (χ0v) is 21.2. The van der Waals surface area contributed by atoms with Crippen molar-refractivity contribution in [1.82, 2.24) is 10.3 Å². The van der Waals surface area contributed by atoms with Gasteiger partial charge in [-0.3, -0.25) is 4.79 Å². The molecule has 0 aliphatic heterocycles. The van der Waals surface area contributed by atoms with Gasteiger partial charge < -0.3 is 21.8 Å². The van der Waals surface area contributed by atoms with Gasteiger partial charge in [-0.15, -0.1) is 0 Å². The van der Waals surface area contributed by atoms with Gasteiger partial charge in [0.2, 0.25) is 0 Å². The number of hydrogen-bond donors (Lipinski definition) is 4. The Kier molecular flexibility index (Phi) is 7.39. The second-order valence-electron chi connectivity index (χ2n) is 9.79. The van der Waals surface area contributed by atoms with E-state index in [-0.39, 0.29) is 11.9 Å². The average molecular weight is 469 g/mol. The minimum Gasteiger partial charge on any atom is -0.350 e. The van der Waals surface area contributed by atoms with Crippen LogP contribution in [0.3, 0.4) is 0 Å². The molecule has 4 aromatic rings. The number of benzene rings is 3. The SMILES string of the molecule is Cc1cc(C)cc(-c2ccc3[nH]c(C(=O)NCC(N)CCCN)c(-c4cc(C)cc(C)c4)c3c2)c1. The molecule has 1 amide bonds. The van der Waals surface area contributed by atoms with Crippen LogP contribution in [0.1, 0.15) is 45.6 Å². The van der Waals surface area contributed by atoms with E-state index in [1.165, 1.54) is 16.7 Å². The van der Waals surface area contributed by atoms with E-state index >= 15 is 0 Å². The van der Waals surface area contributed by atoms with Crippen molar-refractivity contribution in [3.8, 4) is 22.3 Å². The van der Waals surface area contributed by atoms with Crippen LogP contribution in [-0.4, -0.2) is 30.0 Å². The molecular weight excluding hydrogens is 432 g/mol. The molecule has 0 spiro atoms. The van der Waals surface area contributed by atoms with E-state index in [0.717, 1.165) is 51.6 Å². The lowest BCUT2D eigenvalue weighted by Crippen LogP contribution is -2.37. The van der Waals surface area contributed by atoms with Gasteiger partial charge in [0.05, 0.1) is 0 Å². The number of aromatic nitrogens is 1. The first kappa shape index (κ1) is 24.7. The Balaban J connectivity index is 1.82. The maximum Gasteiger partial charge on any atom is 0.268 e. The fraction of sp³-hybridized carbons (Fsp3) is 0.300. The third kappa shape index (κ3) is 5.64. The Morgan fingerprint density at radius 1 is 0.857 bits per heavy atom. The molecule has 182 valence electrons. The van der Waals surface area contributed by atoms with Gasteiger partial charge in [-0.05, 0) is 75.9 Å². The van der Waals surface area contributed by atoms with E-state index in [1.807, 2.05) is 0 Å². The maximum absolute atomic E-state index is 13.4. The van der Waals surface area contributed by atoms with Crippen LogP contribution in [0.2, 0.25) is 0 Å². The Morgan fingerprint density at radius 3 is 2.06 bits per heavy atom. The van der Waals surface area contributed by atoms with E-state index < -0.39 is 0 Å². The molecular formula is C30H36N4O. The molecule has 0 aliphatic carbocycles. The third-order valence-electron chi connectivity index (χ3n) is 6.39. The molecule has 35 heavy (non-hydrogen) atoms. The van der Waals surface area contributed by atoms with Gasteiger partial charge in [0.15, 0.2) is 0 Å². The number of nitrogens with two attached hydrogens (primary N) is 2. The summed E-state index contributed by atoms with van der Waals surface area (Å²) in [4.78, 5) is 16.8. The van der Waals surface area contributed by atoms with Crippen molar-refractivity contribution < 1.29 is 4.79 Å². The summed E-state index contributed by atoms with van der Waals surface area (Å²) >= 11 is 0. The monoisotopic (exact) mass is 468 g/mol. The summed E-state index contributed by atoms with van der Waals surface area (Å²) in [5.74, 6) is -0.147. The van der Waals surface area contributed by atoms with Crippen molar-refractivity contribution in [3.05, 3.63) is 82.5 Å². The van der Waals surface area contributed by atoms with Crippen LogP contribution in [0.25, 0.3) is 33.2 Å². The van der Waals surface area contributed by atoms with Crippen LogP contribution >= 0.6 is 0 Å². The number of fused-ring (bicyclic) bond motifs is 1. The average Bonchev–Trinajstić information content (AvgIpc) is 3.19. The number of aromatic amines is 1. The number of hydrogen-bond acceptors (Lipinski definition) is 3. The summed E-state index contributed by atoms with van der Waals surface area (Å²) in [5, 5.41) is 4.06. The van der Waals surface area contributed by atoms with Crippen molar-refractivity contribution in [3.63, 3.8) is 0 Å². The molecule has 0 aliphatic rings. The van der Waals surface area contributed by atoms with Crippen molar-refractivity contribution >= 4 is 16.8 Å². The van der Waals surface area contributed by atoms with Crippen molar-refractivity contribution in [2.75, 3.05) is 13.1 Å². The molecule has 0 saturated carbocycles. The number of amides is 1. The molecule has 1 atom stereocenters. The van der Waals surface area contributed by atoms with Crippen molar-refractivity contribution in [2.24, 2.45) is 11.5 Å². The largest absolute Gasteiger partial charge is 0.350 e. The number of rotatable bonds is 8. The van der Waals surface area contributed by atoms with Crippen molar-refractivity contribution in [1.29, 1.82) is 0 Å². The van der Waals surface area contributed by atoms with Gasteiger partial charge in [0.25, 0.3) is 5.91 Å². The number of carbonyl (C=O) groups is 1. The first-order valence-corrected chi connectivity index (χ1v) is 12.3. The molecule has 4 rings (SSSR count). The predicted molar refractivity (Wildman–Crippen MR) is 147 cm³/mol. The van der Waals surface area contributed by atoms with Crippen molar-refractivity contribution in [2.45, 2.75) is 46.6 Å². The van der Waals surface area contributed by atoms with Gasteiger partial charge in [-0.25, -0.2) is 0 Å². The highest BCUT2D eigenvalue weighted by Crippen LogP contribution is 2.36. The normalized spacial score (nSPS) is 12.2. The third-order valence-corrected chi connectivity index (χ3v) is 6.39. The highest BCUT2D eigenvalue weighted by atomic mass is 16.1. The summed E-state index contributed by atoms with van der Waals surface area (Å²) in [5.41, 5.74) is 22.3. The van der Waals surface area contributed by atoms with E-state index in [4.69, 9.17) is 11.5 Å². The summed E-state index contributed by atoms with van der Waals surface area (Å²) in [6.45, 7) is 9.42. The lowest BCUT2D eigenvalue weighted by Gasteiger charge is -2.13. The molecule has 0 bridgehead atoms. The number of aryl methyl sites for hydroxylation is 4. The lowest BCUT2D eigenvalue weighted by atomic mass is 9.95. The Hall–Kier alpha value is -3.41. The van der Waals surface area contributed by atoms with E-state index in [0.29, 0.717) is 18.8 Å². The van der Waals surface area contributed by atoms with Crippen LogP contribution in [0.15, 0.2) is 54.6 Å². The van der Waals surface area contributed by atoms with Crippen LogP contribution in [0.4, 0.5) is 0 Å². The molecule has 1 unspecified atom stereocenters. The van der Waals surface area contributed by atoms with Crippen LogP contribution in [0.5, 0.6) is 0 Å². The molecule has 6 N–H and O–H groups in total. The second-order valence-corrected chi connectivity index (χ2v) is 9.79. The number of H-pyrrole nitrogens is 1. The molecule has 0 fully saturated rings. The summed E-state index contributed by atoms with van der Waals surface area (Å²) in [6.07, 6.45) is 1.63. The lowest BCUT2D eigenvalue weighted by molar-refractivity contribution is 0.0947. The van der Waals surface area contributed by atoms with E-state index in [9.17, 15) is 4.79 Å². The maximum atomic E-state index is 13.4. The summed E-state index contributed by atoms with van der Waals surface area (Å²) in [7, 11) is 0. The molecule has 0 radical (unpaired) electrons. The minimum absolute atomic E-state index is 0.118. The predicted octanol–water partition coefficient (Wildman–Crippen LogP) is 5.53. The van der Waals surface area contributed by atoms with Crippen LogP contribution in [0, 0.1) is 27.7 Å². The second kappa shape index (κ2) is 10.5. The van der Waals surface area contributed by atoms with Crippen LogP contribution < -0.4 is 16.8 Å². The Bertz CT molecular complexity index is 1330. The molecule has 1 heterocycles. The van der Waals surface area contributed by atoms with Gasteiger partial charge in [0.1, 0.15) is 5.69 Å². The fourth-order valence-corrected chi connectivity index (χ4v) is 4.90. The molecule has 0 saturated heterocycles. The molecule has 5 heteroatoms. The topological polar surface area (TPSA) is 96.9 Å². The summed E-state index contributed by atoms with van der Waals surface area (Å²) < 4.78 is 0. The van der Waals surface area contributed by atoms with E-state index in [1.54, 1.807) is 0 Å². The smallest absolute Gasteiger partial charge is 0.268 e. The quantitative estimate of drug-likeness (QED) is 0.274. The fourth-order valence-electron chi connectivity index (χ4n) is 4.90. The molecule has 3 aromatic carbocycles.